The fraction of sp³-hybridized carbons (Fsp3) is 0.364. The highest BCUT2D eigenvalue weighted by molar-refractivity contribution is 6.02. The molecule has 0 N–H and O–H groups in total. The van der Waals surface area contributed by atoms with Gasteiger partial charge in [-0.05, 0) is 35.9 Å². The second-order valence-corrected chi connectivity index (χ2v) is 7.24. The van der Waals surface area contributed by atoms with Crippen LogP contribution in [0.5, 0.6) is 11.5 Å². The summed E-state index contributed by atoms with van der Waals surface area (Å²) in [5, 5.41) is 13.2. The van der Waals surface area contributed by atoms with E-state index in [1.54, 1.807) is 30.3 Å². The van der Waals surface area contributed by atoms with Crippen molar-refractivity contribution < 1.29 is 27.8 Å². The molecule has 2 aromatic rings. The second-order valence-electron chi connectivity index (χ2n) is 7.24. The van der Waals surface area contributed by atoms with Gasteiger partial charge >= 0.3 is 6.61 Å². The van der Waals surface area contributed by atoms with Crippen molar-refractivity contribution in [2.24, 2.45) is 5.16 Å². The lowest BCUT2D eigenvalue weighted by Gasteiger charge is -2.17. The summed E-state index contributed by atoms with van der Waals surface area (Å²) in [7, 11) is 0. The molecule has 0 aliphatic carbocycles. The number of rotatable bonds is 7. The number of hydrogen-bond donors (Lipinski definition) is 0. The van der Waals surface area contributed by atoms with Crippen molar-refractivity contribution in [3.05, 3.63) is 59.2 Å². The molecule has 4 rings (SSSR count). The largest absolute Gasteiger partial charge is 0.489 e. The predicted molar refractivity (Wildman–Crippen MR) is 104 cm³/mol. The maximum Gasteiger partial charge on any atom is 0.387 e. The van der Waals surface area contributed by atoms with Crippen LogP contribution in [0.2, 0.25) is 0 Å². The first-order valence-electron chi connectivity index (χ1n) is 9.61. The first kappa shape index (κ1) is 20.1. The number of alkyl halides is 2. The van der Waals surface area contributed by atoms with Crippen molar-refractivity contribution in [1.29, 1.82) is 5.26 Å². The molecule has 0 amide bonds. The van der Waals surface area contributed by atoms with E-state index in [2.05, 4.69) is 16.0 Å². The molecule has 30 heavy (non-hydrogen) atoms. The van der Waals surface area contributed by atoms with E-state index in [-0.39, 0.29) is 18.1 Å². The third kappa shape index (κ3) is 4.52. The third-order valence-corrected chi connectivity index (χ3v) is 5.10. The van der Waals surface area contributed by atoms with E-state index in [4.69, 9.17) is 19.6 Å². The molecule has 1 unspecified atom stereocenters. The van der Waals surface area contributed by atoms with Gasteiger partial charge in [-0.2, -0.15) is 14.0 Å². The van der Waals surface area contributed by atoms with Crippen molar-refractivity contribution in [2.45, 2.75) is 31.5 Å². The predicted octanol–water partition coefficient (Wildman–Crippen LogP) is 4.06. The number of ether oxygens (including phenoxy) is 3. The lowest BCUT2D eigenvalue weighted by Crippen LogP contribution is -2.29. The second kappa shape index (κ2) is 8.67. The van der Waals surface area contributed by atoms with Gasteiger partial charge in [-0.15, -0.1) is 0 Å². The summed E-state index contributed by atoms with van der Waals surface area (Å²) in [6, 6.07) is 14.0. The van der Waals surface area contributed by atoms with Gasteiger partial charge in [0.1, 0.15) is 0 Å². The van der Waals surface area contributed by atoms with Crippen LogP contribution in [0.1, 0.15) is 29.5 Å². The molecule has 1 saturated heterocycles. The molecule has 0 aromatic heterocycles. The third-order valence-electron chi connectivity index (χ3n) is 5.10. The Morgan fingerprint density at radius 3 is 2.87 bits per heavy atom. The molecule has 0 radical (unpaired) electrons. The van der Waals surface area contributed by atoms with Crippen LogP contribution in [-0.4, -0.2) is 37.7 Å². The molecule has 1 atom stereocenters. The summed E-state index contributed by atoms with van der Waals surface area (Å²) in [6.45, 7) is -1.61. The number of oxime groups is 1. The molecule has 156 valence electrons. The number of nitrogens with zero attached hydrogens (tertiary/aromatic N) is 2. The summed E-state index contributed by atoms with van der Waals surface area (Å²) in [4.78, 5) is 5.61. The van der Waals surface area contributed by atoms with Gasteiger partial charge in [0.15, 0.2) is 17.1 Å². The molecule has 2 aliphatic heterocycles. The van der Waals surface area contributed by atoms with E-state index in [1.807, 2.05) is 6.07 Å². The minimum Gasteiger partial charge on any atom is -0.489 e. The highest BCUT2D eigenvalue weighted by Gasteiger charge is 2.43. The highest BCUT2D eigenvalue weighted by Crippen LogP contribution is 2.36. The SMILES string of the molecule is N#Cc1cccc(CCOc2cc(C3=NOC4(CCOC4)C3)ccc2OC(F)F)c1. The Bertz CT molecular complexity index is 981. The number of nitriles is 1. The Labute approximate surface area is 172 Å². The van der Waals surface area contributed by atoms with Crippen LogP contribution in [0.15, 0.2) is 47.6 Å². The standard InChI is InChI=1S/C22H20F2N2O4/c23-21(24)29-19-5-4-17(18-12-22(30-26-18)7-9-27-14-22)11-20(19)28-8-6-15-2-1-3-16(10-15)13-25/h1-5,10-11,21H,6-9,12,14H2. The number of hydrogen-bond acceptors (Lipinski definition) is 6. The molecule has 2 aliphatic rings. The van der Waals surface area contributed by atoms with E-state index in [0.717, 1.165) is 23.3 Å². The molecule has 6 nitrogen and oxygen atoms in total. The van der Waals surface area contributed by atoms with E-state index < -0.39 is 12.2 Å². The molecule has 2 aromatic carbocycles. The maximum absolute atomic E-state index is 12.8. The van der Waals surface area contributed by atoms with Crippen LogP contribution in [-0.2, 0) is 16.0 Å². The van der Waals surface area contributed by atoms with Gasteiger partial charge < -0.3 is 19.0 Å². The zero-order valence-corrected chi connectivity index (χ0v) is 16.1. The van der Waals surface area contributed by atoms with Gasteiger partial charge in [0, 0.05) is 24.8 Å². The van der Waals surface area contributed by atoms with Crippen molar-refractivity contribution in [2.75, 3.05) is 19.8 Å². The van der Waals surface area contributed by atoms with Crippen LogP contribution in [0.3, 0.4) is 0 Å². The van der Waals surface area contributed by atoms with Crippen molar-refractivity contribution in [3.63, 3.8) is 0 Å². The Hall–Kier alpha value is -3.18. The van der Waals surface area contributed by atoms with Crippen molar-refractivity contribution >= 4 is 5.71 Å². The van der Waals surface area contributed by atoms with Crippen LogP contribution in [0, 0.1) is 11.3 Å². The first-order valence-corrected chi connectivity index (χ1v) is 9.61. The molecular weight excluding hydrogens is 394 g/mol. The highest BCUT2D eigenvalue weighted by atomic mass is 19.3. The van der Waals surface area contributed by atoms with Crippen LogP contribution in [0.4, 0.5) is 8.78 Å². The molecule has 2 heterocycles. The average molecular weight is 414 g/mol. The number of benzene rings is 2. The number of halogens is 2. The van der Waals surface area contributed by atoms with E-state index in [0.29, 0.717) is 31.6 Å². The molecule has 8 heteroatoms. The topological polar surface area (TPSA) is 73.1 Å². The van der Waals surface area contributed by atoms with Gasteiger partial charge in [-0.25, -0.2) is 0 Å². The smallest absolute Gasteiger partial charge is 0.387 e. The lowest BCUT2D eigenvalue weighted by atomic mass is 9.93. The Morgan fingerprint density at radius 2 is 2.10 bits per heavy atom. The summed E-state index contributed by atoms with van der Waals surface area (Å²) < 4.78 is 41.4. The van der Waals surface area contributed by atoms with Gasteiger partial charge in [0.25, 0.3) is 0 Å². The molecule has 0 bridgehead atoms. The quantitative estimate of drug-likeness (QED) is 0.683. The Balaban J connectivity index is 1.48. The average Bonchev–Trinajstić information content (AvgIpc) is 3.39. The van der Waals surface area contributed by atoms with Gasteiger partial charge in [0.2, 0.25) is 0 Å². The molecule has 0 saturated carbocycles. The van der Waals surface area contributed by atoms with Crippen LogP contribution >= 0.6 is 0 Å². The molecule has 1 fully saturated rings. The fourth-order valence-electron chi connectivity index (χ4n) is 3.55. The summed E-state index contributed by atoms with van der Waals surface area (Å²) in [5.41, 5.74) is 2.48. The maximum atomic E-state index is 12.8. The van der Waals surface area contributed by atoms with Crippen molar-refractivity contribution in [1.82, 2.24) is 0 Å². The monoisotopic (exact) mass is 414 g/mol. The molecular formula is C22H20F2N2O4. The van der Waals surface area contributed by atoms with Crippen LogP contribution < -0.4 is 9.47 Å². The van der Waals surface area contributed by atoms with E-state index >= 15 is 0 Å². The normalized spacial score (nSPS) is 20.1. The minimum atomic E-state index is -2.96. The Kier molecular flexibility index (Phi) is 5.81. The fourth-order valence-corrected chi connectivity index (χ4v) is 3.55. The summed E-state index contributed by atoms with van der Waals surface area (Å²) in [6.07, 6.45) is 1.86. The lowest BCUT2D eigenvalue weighted by molar-refractivity contribution is -0.0514. The van der Waals surface area contributed by atoms with Crippen molar-refractivity contribution in [3.8, 4) is 17.6 Å². The van der Waals surface area contributed by atoms with E-state index in [9.17, 15) is 8.78 Å². The van der Waals surface area contributed by atoms with Gasteiger partial charge in [0.05, 0.1) is 37.2 Å². The Morgan fingerprint density at radius 1 is 1.20 bits per heavy atom. The molecule has 1 spiro atoms. The van der Waals surface area contributed by atoms with Gasteiger partial charge in [-0.1, -0.05) is 17.3 Å². The summed E-state index contributed by atoms with van der Waals surface area (Å²) in [5.74, 6) is 0.161. The zero-order valence-electron chi connectivity index (χ0n) is 16.1. The summed E-state index contributed by atoms with van der Waals surface area (Å²) >= 11 is 0. The van der Waals surface area contributed by atoms with Gasteiger partial charge in [-0.3, -0.25) is 0 Å². The van der Waals surface area contributed by atoms with Crippen LogP contribution in [0.25, 0.3) is 0 Å². The first-order chi connectivity index (χ1) is 14.6. The van der Waals surface area contributed by atoms with E-state index in [1.165, 1.54) is 6.07 Å². The minimum absolute atomic E-state index is 0.0436. The zero-order chi connectivity index (χ0) is 21.0.